The summed E-state index contributed by atoms with van der Waals surface area (Å²) in [6, 6.07) is 7.82. The molecule has 0 spiro atoms. The fourth-order valence-electron chi connectivity index (χ4n) is 5.41. The molecule has 9 nitrogen and oxygen atoms in total. The minimum atomic E-state index is -0.874. The lowest BCUT2D eigenvalue weighted by atomic mass is 9.93. The molecule has 2 aromatic carbocycles. The molecule has 2 fully saturated rings. The molecule has 1 N–H and O–H groups in total. The number of fused-ring (bicyclic) bond motifs is 1. The Bertz CT molecular complexity index is 1240. The number of ketones is 1. The van der Waals surface area contributed by atoms with Gasteiger partial charge < -0.3 is 33.7 Å². The molecule has 3 aliphatic rings. The van der Waals surface area contributed by atoms with E-state index in [0.717, 1.165) is 24.2 Å². The van der Waals surface area contributed by atoms with Crippen LogP contribution < -0.4 is 18.9 Å². The summed E-state index contributed by atoms with van der Waals surface area (Å²) in [5.41, 5.74) is 1.94. The van der Waals surface area contributed by atoms with E-state index >= 15 is 0 Å². The Morgan fingerprint density at radius 2 is 1.81 bits per heavy atom. The van der Waals surface area contributed by atoms with Gasteiger partial charge in [0.15, 0.2) is 11.5 Å². The predicted octanol–water partition coefficient (Wildman–Crippen LogP) is 3.64. The maximum atomic E-state index is 13.4. The normalized spacial score (nSPS) is 24.2. The lowest BCUT2D eigenvalue weighted by molar-refractivity contribution is -0.140. The summed E-state index contributed by atoms with van der Waals surface area (Å²) >= 11 is 0. The van der Waals surface area contributed by atoms with E-state index in [0.29, 0.717) is 41.4 Å². The smallest absolute Gasteiger partial charge is 0.295 e. The average molecular weight is 510 g/mol. The van der Waals surface area contributed by atoms with Gasteiger partial charge in [0.25, 0.3) is 11.7 Å². The summed E-state index contributed by atoms with van der Waals surface area (Å²) in [6.45, 7) is 2.80. The van der Waals surface area contributed by atoms with Crippen molar-refractivity contribution in [2.24, 2.45) is 0 Å². The van der Waals surface area contributed by atoms with Gasteiger partial charge >= 0.3 is 0 Å². The zero-order valence-electron chi connectivity index (χ0n) is 21.4. The van der Waals surface area contributed by atoms with E-state index in [-0.39, 0.29) is 30.1 Å². The third-order valence-corrected chi connectivity index (χ3v) is 7.14. The second kappa shape index (κ2) is 9.97. The first kappa shape index (κ1) is 25.0. The van der Waals surface area contributed by atoms with Crippen LogP contribution >= 0.6 is 0 Å². The molecule has 0 saturated carbocycles. The number of hydrogen-bond donors (Lipinski definition) is 1. The van der Waals surface area contributed by atoms with Gasteiger partial charge in [-0.05, 0) is 61.2 Å². The van der Waals surface area contributed by atoms with E-state index in [1.54, 1.807) is 24.3 Å². The van der Waals surface area contributed by atoms with E-state index in [2.05, 4.69) is 0 Å². The number of nitrogens with zero attached hydrogens (tertiary/aromatic N) is 1. The Morgan fingerprint density at radius 1 is 1.08 bits per heavy atom. The van der Waals surface area contributed by atoms with Crippen LogP contribution in [0.1, 0.15) is 42.5 Å². The third-order valence-electron chi connectivity index (χ3n) is 7.14. The Labute approximate surface area is 215 Å². The molecule has 3 atom stereocenters. The van der Waals surface area contributed by atoms with Crippen LogP contribution in [0.2, 0.25) is 0 Å². The molecule has 3 heterocycles. The average Bonchev–Trinajstić information content (AvgIpc) is 3.61. The first-order valence-corrected chi connectivity index (χ1v) is 12.4. The zero-order valence-corrected chi connectivity index (χ0v) is 21.4. The lowest BCUT2D eigenvalue weighted by Crippen LogP contribution is -2.36. The van der Waals surface area contributed by atoms with Crippen molar-refractivity contribution < 1.29 is 38.4 Å². The molecule has 0 bridgehead atoms. The van der Waals surface area contributed by atoms with Gasteiger partial charge in [0, 0.05) is 25.1 Å². The number of carbonyl (C=O) groups excluding carboxylic acids is 2. The highest BCUT2D eigenvalue weighted by atomic mass is 16.5. The highest BCUT2D eigenvalue weighted by molar-refractivity contribution is 6.46. The van der Waals surface area contributed by atoms with E-state index in [1.165, 1.54) is 26.2 Å². The second-order valence-electron chi connectivity index (χ2n) is 9.50. The molecule has 37 heavy (non-hydrogen) atoms. The Kier molecular flexibility index (Phi) is 6.72. The number of benzene rings is 2. The minimum absolute atomic E-state index is 0.00387. The van der Waals surface area contributed by atoms with E-state index in [4.69, 9.17) is 23.7 Å². The van der Waals surface area contributed by atoms with Crippen molar-refractivity contribution in [2.45, 2.75) is 44.4 Å². The lowest BCUT2D eigenvalue weighted by Gasteiger charge is -2.28. The molecule has 0 aromatic heterocycles. The van der Waals surface area contributed by atoms with Crippen molar-refractivity contribution >= 4 is 17.4 Å². The van der Waals surface area contributed by atoms with Crippen molar-refractivity contribution in [3.05, 3.63) is 52.6 Å². The zero-order chi connectivity index (χ0) is 26.3. The van der Waals surface area contributed by atoms with E-state index in [1.807, 2.05) is 13.0 Å². The van der Waals surface area contributed by atoms with Crippen LogP contribution in [-0.2, 0) is 20.7 Å². The Morgan fingerprint density at radius 3 is 2.43 bits per heavy atom. The molecule has 3 aliphatic heterocycles. The predicted molar refractivity (Wildman–Crippen MR) is 134 cm³/mol. The number of amides is 1. The SMILES string of the molecule is COc1cc([C@@H]2C(=C(O)c3ccc4c(c3)C[C@@H](C)O4)C(=O)C(=O)N2C[C@H]2CCCO2)cc(OC)c1OC. The molecule has 9 heteroatoms. The number of methoxy groups -OCH3 is 3. The Hall–Kier alpha value is -3.72. The van der Waals surface area contributed by atoms with Crippen molar-refractivity contribution in [1.82, 2.24) is 4.90 Å². The third kappa shape index (κ3) is 4.37. The van der Waals surface area contributed by atoms with Gasteiger partial charge in [-0.25, -0.2) is 0 Å². The van der Waals surface area contributed by atoms with Crippen molar-refractivity contribution in [1.29, 1.82) is 0 Å². The fourth-order valence-corrected chi connectivity index (χ4v) is 5.41. The summed E-state index contributed by atoms with van der Waals surface area (Å²) in [6.07, 6.45) is 2.21. The molecular formula is C28H31NO8. The summed E-state index contributed by atoms with van der Waals surface area (Å²) in [5.74, 6) is 0.218. The molecule has 2 aromatic rings. The molecule has 0 aliphatic carbocycles. The monoisotopic (exact) mass is 509 g/mol. The quantitative estimate of drug-likeness (QED) is 0.343. The molecule has 2 saturated heterocycles. The topological polar surface area (TPSA) is 104 Å². The van der Waals surface area contributed by atoms with E-state index in [9.17, 15) is 14.7 Å². The van der Waals surface area contributed by atoms with Gasteiger partial charge in [-0.15, -0.1) is 0 Å². The van der Waals surface area contributed by atoms with Crippen molar-refractivity contribution in [3.63, 3.8) is 0 Å². The van der Waals surface area contributed by atoms with Gasteiger partial charge in [0.05, 0.1) is 39.0 Å². The first-order valence-electron chi connectivity index (χ1n) is 12.4. The van der Waals surface area contributed by atoms with Gasteiger partial charge in [0.1, 0.15) is 17.6 Å². The number of aliphatic hydroxyl groups is 1. The number of Topliss-reactive ketones (excluding diaryl/α,β-unsaturated/α-hetero) is 1. The van der Waals surface area contributed by atoms with Crippen LogP contribution in [0.15, 0.2) is 35.9 Å². The summed E-state index contributed by atoms with van der Waals surface area (Å²) in [5, 5.41) is 11.5. The number of carbonyl (C=O) groups is 2. The molecular weight excluding hydrogens is 478 g/mol. The molecule has 0 unspecified atom stereocenters. The van der Waals surface area contributed by atoms with Crippen LogP contribution in [0.4, 0.5) is 0 Å². The second-order valence-corrected chi connectivity index (χ2v) is 9.50. The highest BCUT2D eigenvalue weighted by Gasteiger charge is 2.47. The van der Waals surface area contributed by atoms with Crippen LogP contribution in [0, 0.1) is 0 Å². The number of ether oxygens (including phenoxy) is 5. The standard InChI is InChI=1S/C28H31NO8/c1-15-10-17-11-16(7-8-20(17)37-15)25(30)23-24(18-12-21(33-2)27(35-4)22(13-18)34-3)29(28(32)26(23)31)14-19-6-5-9-36-19/h7-8,11-13,15,19,24,30H,5-6,9-10,14H2,1-4H3/t15-,19-,24-/m1/s1. The van der Waals surface area contributed by atoms with Crippen molar-refractivity contribution in [3.8, 4) is 23.0 Å². The van der Waals surface area contributed by atoms with Crippen LogP contribution in [0.25, 0.3) is 5.76 Å². The Balaban J connectivity index is 1.66. The van der Waals surface area contributed by atoms with Crippen LogP contribution in [0.3, 0.4) is 0 Å². The number of rotatable bonds is 7. The summed E-state index contributed by atoms with van der Waals surface area (Å²) in [7, 11) is 4.50. The molecule has 1 amide bonds. The number of hydrogen-bond acceptors (Lipinski definition) is 8. The first-order chi connectivity index (χ1) is 17.9. The molecule has 196 valence electrons. The maximum absolute atomic E-state index is 13.4. The summed E-state index contributed by atoms with van der Waals surface area (Å²) < 4.78 is 28.1. The molecule has 5 rings (SSSR count). The van der Waals surface area contributed by atoms with Gasteiger partial charge in [-0.1, -0.05) is 0 Å². The van der Waals surface area contributed by atoms with Crippen molar-refractivity contribution in [2.75, 3.05) is 34.5 Å². The van der Waals surface area contributed by atoms with Crippen LogP contribution in [-0.4, -0.2) is 68.4 Å². The maximum Gasteiger partial charge on any atom is 0.295 e. The van der Waals surface area contributed by atoms with Crippen LogP contribution in [0.5, 0.6) is 23.0 Å². The van der Waals surface area contributed by atoms with Gasteiger partial charge in [-0.3, -0.25) is 9.59 Å². The van der Waals surface area contributed by atoms with Gasteiger partial charge in [-0.2, -0.15) is 0 Å². The minimum Gasteiger partial charge on any atom is -0.507 e. The van der Waals surface area contributed by atoms with Gasteiger partial charge in [0.2, 0.25) is 5.75 Å². The fraction of sp³-hybridized carbons (Fsp3) is 0.429. The largest absolute Gasteiger partial charge is 0.507 e. The number of likely N-dealkylation sites (tertiary alicyclic amines) is 1. The number of aliphatic hydroxyl groups excluding tert-OH is 1. The summed E-state index contributed by atoms with van der Waals surface area (Å²) in [4.78, 5) is 28.3. The molecule has 0 radical (unpaired) electrons. The highest BCUT2D eigenvalue weighted by Crippen LogP contribution is 2.46. The van der Waals surface area contributed by atoms with E-state index < -0.39 is 17.7 Å².